The van der Waals surface area contributed by atoms with Gasteiger partial charge in [0, 0.05) is 6.20 Å². The fraction of sp³-hybridized carbons (Fsp3) is 0.100. The number of imidazole rings is 1. The van der Waals surface area contributed by atoms with Crippen molar-refractivity contribution in [1.82, 2.24) is 9.38 Å². The highest BCUT2D eigenvalue weighted by atomic mass is 16.4. The van der Waals surface area contributed by atoms with Crippen LogP contribution in [0, 0.1) is 18.3 Å². The van der Waals surface area contributed by atoms with Crippen LogP contribution in [0.15, 0.2) is 18.3 Å². The lowest BCUT2D eigenvalue weighted by molar-refractivity contribution is 0.0688. The Balaban J connectivity index is 2.81. The highest BCUT2D eigenvalue weighted by Crippen LogP contribution is 2.13. The number of hydrogen-bond donors (Lipinski definition) is 1. The molecule has 0 fully saturated rings. The van der Waals surface area contributed by atoms with Gasteiger partial charge in [-0.1, -0.05) is 0 Å². The second-order valence-corrected chi connectivity index (χ2v) is 3.11. The topological polar surface area (TPSA) is 78.4 Å². The quantitative estimate of drug-likeness (QED) is 0.752. The molecule has 5 heteroatoms. The van der Waals surface area contributed by atoms with E-state index in [2.05, 4.69) is 4.98 Å². The Morgan fingerprint density at radius 3 is 3.00 bits per heavy atom. The molecule has 1 N–H and O–H groups in total. The minimum absolute atomic E-state index is 0.134. The smallest absolute Gasteiger partial charge is 0.354 e. The highest BCUT2D eigenvalue weighted by Gasteiger charge is 2.14. The van der Waals surface area contributed by atoms with Gasteiger partial charge in [0.25, 0.3) is 0 Å². The van der Waals surface area contributed by atoms with Gasteiger partial charge in [0.15, 0.2) is 5.69 Å². The third-order valence-electron chi connectivity index (χ3n) is 2.13. The lowest BCUT2D eigenvalue weighted by Crippen LogP contribution is -2.03. The van der Waals surface area contributed by atoms with Crippen LogP contribution in [-0.4, -0.2) is 20.5 Å². The molecular weight excluding hydrogens is 194 g/mol. The third kappa shape index (κ3) is 1.32. The van der Waals surface area contributed by atoms with Crippen molar-refractivity contribution in [2.75, 3.05) is 0 Å². The summed E-state index contributed by atoms with van der Waals surface area (Å²) in [6.07, 6.45) is 1.54. The number of pyridine rings is 1. The maximum Gasteiger partial charge on any atom is 0.354 e. The van der Waals surface area contributed by atoms with E-state index < -0.39 is 5.97 Å². The zero-order chi connectivity index (χ0) is 11.0. The molecule has 2 rings (SSSR count). The standard InChI is InChI=1S/C10H7N3O2/c1-6-9(10(14)15)13-3-2-7(5-11)4-8(13)12-6/h2-4H,1H3,(H,14,15). The van der Waals surface area contributed by atoms with Gasteiger partial charge in [0.1, 0.15) is 5.65 Å². The lowest BCUT2D eigenvalue weighted by atomic mass is 10.3. The molecule has 2 aromatic heterocycles. The third-order valence-corrected chi connectivity index (χ3v) is 2.13. The molecule has 0 spiro atoms. The molecule has 0 aliphatic carbocycles. The number of fused-ring (bicyclic) bond motifs is 1. The van der Waals surface area contributed by atoms with Crippen molar-refractivity contribution < 1.29 is 9.90 Å². The van der Waals surface area contributed by atoms with E-state index in [1.165, 1.54) is 10.6 Å². The monoisotopic (exact) mass is 201 g/mol. The number of carboxylic acids is 1. The summed E-state index contributed by atoms with van der Waals surface area (Å²) >= 11 is 0. The number of hydrogen-bond acceptors (Lipinski definition) is 3. The normalized spacial score (nSPS) is 10.1. The van der Waals surface area contributed by atoms with E-state index in [1.54, 1.807) is 19.1 Å². The Bertz CT molecular complexity index is 592. The SMILES string of the molecule is Cc1nc2cc(C#N)ccn2c1C(=O)O. The number of nitrogens with zero attached hydrogens (tertiary/aromatic N) is 3. The highest BCUT2D eigenvalue weighted by molar-refractivity contribution is 5.88. The van der Waals surface area contributed by atoms with E-state index >= 15 is 0 Å². The number of carbonyl (C=O) groups is 1. The molecule has 74 valence electrons. The van der Waals surface area contributed by atoms with Crippen LogP contribution >= 0.6 is 0 Å². The maximum absolute atomic E-state index is 10.9. The molecule has 0 atom stereocenters. The van der Waals surface area contributed by atoms with Gasteiger partial charge in [-0.05, 0) is 19.1 Å². The van der Waals surface area contributed by atoms with E-state index in [-0.39, 0.29) is 5.69 Å². The molecule has 0 saturated carbocycles. The number of nitriles is 1. The summed E-state index contributed by atoms with van der Waals surface area (Å²) in [5.74, 6) is -1.02. The summed E-state index contributed by atoms with van der Waals surface area (Å²) in [6, 6.07) is 5.09. The molecule has 0 unspecified atom stereocenters. The largest absolute Gasteiger partial charge is 0.477 e. The predicted octanol–water partition coefficient (Wildman–Crippen LogP) is 1.21. The fourth-order valence-electron chi connectivity index (χ4n) is 1.49. The number of aryl methyl sites for hydroxylation is 1. The van der Waals surface area contributed by atoms with Gasteiger partial charge in [0.2, 0.25) is 0 Å². The van der Waals surface area contributed by atoms with Crippen molar-refractivity contribution in [3.63, 3.8) is 0 Å². The maximum atomic E-state index is 10.9. The predicted molar refractivity (Wildman–Crippen MR) is 51.6 cm³/mol. The second kappa shape index (κ2) is 3.10. The first-order valence-corrected chi connectivity index (χ1v) is 4.25. The molecule has 0 bridgehead atoms. The second-order valence-electron chi connectivity index (χ2n) is 3.11. The van der Waals surface area contributed by atoms with Crippen LogP contribution in [0.3, 0.4) is 0 Å². The summed E-state index contributed by atoms with van der Waals surface area (Å²) in [7, 11) is 0. The van der Waals surface area contributed by atoms with Crippen molar-refractivity contribution in [3.8, 4) is 6.07 Å². The summed E-state index contributed by atoms with van der Waals surface area (Å²) in [4.78, 5) is 15.0. The van der Waals surface area contributed by atoms with Gasteiger partial charge >= 0.3 is 5.97 Å². The number of carboxylic acid groups (broad SMARTS) is 1. The van der Waals surface area contributed by atoms with E-state index in [1.807, 2.05) is 6.07 Å². The molecule has 2 heterocycles. The van der Waals surface area contributed by atoms with Crippen LogP contribution in [-0.2, 0) is 0 Å². The summed E-state index contributed by atoms with van der Waals surface area (Å²) in [6.45, 7) is 1.63. The first kappa shape index (κ1) is 9.21. The summed E-state index contributed by atoms with van der Waals surface area (Å²) < 4.78 is 1.46. The average molecular weight is 201 g/mol. The van der Waals surface area contributed by atoms with Crippen molar-refractivity contribution >= 4 is 11.6 Å². The molecule has 0 radical (unpaired) electrons. The Morgan fingerprint density at radius 2 is 2.40 bits per heavy atom. The average Bonchev–Trinajstić information content (AvgIpc) is 2.52. The van der Waals surface area contributed by atoms with E-state index in [4.69, 9.17) is 10.4 Å². The van der Waals surface area contributed by atoms with Crippen LogP contribution in [0.5, 0.6) is 0 Å². The van der Waals surface area contributed by atoms with Crippen LogP contribution < -0.4 is 0 Å². The van der Waals surface area contributed by atoms with Gasteiger partial charge < -0.3 is 5.11 Å². The van der Waals surface area contributed by atoms with Crippen molar-refractivity contribution in [2.24, 2.45) is 0 Å². The van der Waals surface area contributed by atoms with Gasteiger partial charge in [-0.15, -0.1) is 0 Å². The van der Waals surface area contributed by atoms with Crippen molar-refractivity contribution in [2.45, 2.75) is 6.92 Å². The van der Waals surface area contributed by atoms with Gasteiger partial charge in [0.05, 0.1) is 17.3 Å². The van der Waals surface area contributed by atoms with Crippen LogP contribution in [0.4, 0.5) is 0 Å². The zero-order valence-electron chi connectivity index (χ0n) is 7.93. The van der Waals surface area contributed by atoms with Crippen LogP contribution in [0.1, 0.15) is 21.7 Å². The molecule has 0 saturated heterocycles. The molecule has 5 nitrogen and oxygen atoms in total. The molecule has 0 aromatic carbocycles. The minimum Gasteiger partial charge on any atom is -0.477 e. The first-order chi connectivity index (χ1) is 7.13. The van der Waals surface area contributed by atoms with Gasteiger partial charge in [-0.3, -0.25) is 4.40 Å². The Kier molecular flexibility index (Phi) is 1.90. The van der Waals surface area contributed by atoms with E-state index in [9.17, 15) is 4.79 Å². The Hall–Kier alpha value is -2.35. The summed E-state index contributed by atoms with van der Waals surface area (Å²) in [5.41, 5.74) is 1.51. The van der Waals surface area contributed by atoms with Gasteiger partial charge in [-0.2, -0.15) is 5.26 Å². The van der Waals surface area contributed by atoms with Gasteiger partial charge in [-0.25, -0.2) is 9.78 Å². The fourth-order valence-corrected chi connectivity index (χ4v) is 1.49. The van der Waals surface area contributed by atoms with Crippen LogP contribution in [0.2, 0.25) is 0 Å². The molecule has 2 aromatic rings. The van der Waals surface area contributed by atoms with E-state index in [0.717, 1.165) is 0 Å². The molecule has 0 amide bonds. The lowest BCUT2D eigenvalue weighted by Gasteiger charge is -1.96. The van der Waals surface area contributed by atoms with E-state index in [0.29, 0.717) is 16.9 Å². The molecule has 0 aliphatic heterocycles. The minimum atomic E-state index is -1.02. The van der Waals surface area contributed by atoms with Crippen molar-refractivity contribution in [3.05, 3.63) is 35.3 Å². The number of aromatic nitrogens is 2. The molecular formula is C10H7N3O2. The molecule has 0 aliphatic rings. The Labute approximate surface area is 85.2 Å². The number of aromatic carboxylic acids is 1. The number of rotatable bonds is 1. The van der Waals surface area contributed by atoms with Crippen molar-refractivity contribution in [1.29, 1.82) is 5.26 Å². The zero-order valence-corrected chi connectivity index (χ0v) is 7.93. The molecule has 15 heavy (non-hydrogen) atoms. The summed E-state index contributed by atoms with van der Waals surface area (Å²) in [5, 5.41) is 17.6. The van der Waals surface area contributed by atoms with Crippen LogP contribution in [0.25, 0.3) is 5.65 Å². The Morgan fingerprint density at radius 1 is 1.67 bits per heavy atom. The first-order valence-electron chi connectivity index (χ1n) is 4.25.